The molecule has 2 heterocycles. The van der Waals surface area contributed by atoms with Crippen LogP contribution in [0.2, 0.25) is 5.15 Å². The van der Waals surface area contributed by atoms with Crippen LogP contribution in [0.25, 0.3) is 0 Å². The number of amides is 3. The Labute approximate surface area is 189 Å². The standard InChI is InChI=1S/C20H24ClFN6O2S/c1-3-23-20(30)28-9-8-27(11-13(28)2)17-10-16(21)25-19(26-17)31-12-18(29)24-15-6-4-14(22)5-7-15/h4-7,10,13H,3,8-9,11-12H2,1-2H3,(H,23,30)(H,24,29). The van der Waals surface area contributed by atoms with Crippen LogP contribution in [-0.2, 0) is 4.79 Å². The Hall–Kier alpha value is -2.59. The molecule has 1 aliphatic heterocycles. The van der Waals surface area contributed by atoms with E-state index in [4.69, 9.17) is 11.6 Å². The highest BCUT2D eigenvalue weighted by molar-refractivity contribution is 7.99. The SMILES string of the molecule is CCNC(=O)N1CCN(c2cc(Cl)nc(SCC(=O)Nc3ccc(F)cc3)n2)CC1C. The van der Waals surface area contributed by atoms with Crippen LogP contribution in [0.1, 0.15) is 13.8 Å². The fourth-order valence-corrected chi connectivity index (χ4v) is 4.07. The number of aromatic nitrogens is 2. The summed E-state index contributed by atoms with van der Waals surface area (Å²) in [5.41, 5.74) is 0.513. The van der Waals surface area contributed by atoms with E-state index in [2.05, 4.69) is 25.5 Å². The molecule has 1 aromatic heterocycles. The summed E-state index contributed by atoms with van der Waals surface area (Å²) in [6.45, 7) is 6.25. The summed E-state index contributed by atoms with van der Waals surface area (Å²) >= 11 is 7.35. The lowest BCUT2D eigenvalue weighted by atomic mass is 10.2. The van der Waals surface area contributed by atoms with Crippen LogP contribution >= 0.6 is 23.4 Å². The molecule has 1 fully saturated rings. The number of piperazine rings is 1. The van der Waals surface area contributed by atoms with Crippen molar-refractivity contribution in [3.05, 3.63) is 41.3 Å². The van der Waals surface area contributed by atoms with Crippen molar-refractivity contribution in [2.75, 3.05) is 42.1 Å². The molecule has 11 heteroatoms. The molecule has 0 saturated carbocycles. The molecule has 1 aromatic carbocycles. The highest BCUT2D eigenvalue weighted by atomic mass is 35.5. The summed E-state index contributed by atoms with van der Waals surface area (Å²) in [5.74, 6) is 0.113. The van der Waals surface area contributed by atoms with E-state index in [0.29, 0.717) is 42.8 Å². The average molecular weight is 467 g/mol. The lowest BCUT2D eigenvalue weighted by Crippen LogP contribution is -2.56. The molecular formula is C20H24ClFN6O2S. The number of urea groups is 1. The Kier molecular flexibility index (Phi) is 7.91. The van der Waals surface area contributed by atoms with E-state index < -0.39 is 0 Å². The first-order valence-corrected chi connectivity index (χ1v) is 11.2. The molecule has 3 rings (SSSR count). The maximum Gasteiger partial charge on any atom is 0.317 e. The molecule has 2 N–H and O–H groups in total. The number of halogens is 2. The van der Waals surface area contributed by atoms with Gasteiger partial charge in [-0.1, -0.05) is 23.4 Å². The number of nitrogens with one attached hydrogen (secondary N) is 2. The first-order valence-electron chi connectivity index (χ1n) is 9.88. The van der Waals surface area contributed by atoms with E-state index in [9.17, 15) is 14.0 Å². The number of carbonyl (C=O) groups is 2. The van der Waals surface area contributed by atoms with E-state index in [0.717, 1.165) is 11.8 Å². The zero-order chi connectivity index (χ0) is 22.4. The molecule has 8 nitrogen and oxygen atoms in total. The van der Waals surface area contributed by atoms with Crippen LogP contribution in [0.3, 0.4) is 0 Å². The number of rotatable bonds is 6. The number of hydrogen-bond acceptors (Lipinski definition) is 6. The average Bonchev–Trinajstić information content (AvgIpc) is 2.73. The third kappa shape index (κ3) is 6.44. The quantitative estimate of drug-likeness (QED) is 0.386. The minimum absolute atomic E-state index is 0.00614. The fraction of sp³-hybridized carbons (Fsp3) is 0.400. The molecule has 31 heavy (non-hydrogen) atoms. The van der Waals surface area contributed by atoms with Gasteiger partial charge in [-0.15, -0.1) is 0 Å². The molecule has 1 saturated heterocycles. The zero-order valence-corrected chi connectivity index (χ0v) is 18.8. The highest BCUT2D eigenvalue weighted by Crippen LogP contribution is 2.24. The second-order valence-electron chi connectivity index (χ2n) is 7.00. The Morgan fingerprint density at radius 2 is 2.00 bits per heavy atom. The molecule has 0 bridgehead atoms. The van der Waals surface area contributed by atoms with Gasteiger partial charge in [0.2, 0.25) is 5.91 Å². The van der Waals surface area contributed by atoms with Crippen molar-refractivity contribution in [2.45, 2.75) is 25.0 Å². The number of hydrogen-bond donors (Lipinski definition) is 2. The van der Waals surface area contributed by atoms with E-state index in [1.165, 1.54) is 24.3 Å². The van der Waals surface area contributed by atoms with Crippen molar-refractivity contribution in [3.63, 3.8) is 0 Å². The summed E-state index contributed by atoms with van der Waals surface area (Å²) in [5, 5.41) is 6.19. The second kappa shape index (κ2) is 10.6. The van der Waals surface area contributed by atoms with E-state index in [1.807, 2.05) is 13.8 Å². The van der Waals surface area contributed by atoms with Crippen molar-refractivity contribution in [1.82, 2.24) is 20.2 Å². The summed E-state index contributed by atoms with van der Waals surface area (Å²) in [6, 6.07) is 7.16. The van der Waals surface area contributed by atoms with Crippen molar-refractivity contribution in [1.29, 1.82) is 0 Å². The molecule has 1 atom stereocenters. The number of thioether (sulfide) groups is 1. The second-order valence-corrected chi connectivity index (χ2v) is 8.33. The van der Waals surface area contributed by atoms with Crippen molar-refractivity contribution >= 4 is 46.8 Å². The highest BCUT2D eigenvalue weighted by Gasteiger charge is 2.28. The predicted octanol–water partition coefficient (Wildman–Crippen LogP) is 3.24. The van der Waals surface area contributed by atoms with E-state index in [-0.39, 0.29) is 34.7 Å². The van der Waals surface area contributed by atoms with Crippen LogP contribution in [0.4, 0.5) is 20.7 Å². The molecule has 3 amide bonds. The van der Waals surface area contributed by atoms with Gasteiger partial charge in [-0.3, -0.25) is 4.79 Å². The minimum atomic E-state index is -0.367. The molecule has 0 aliphatic carbocycles. The molecule has 2 aromatic rings. The van der Waals surface area contributed by atoms with Gasteiger partial charge in [0.15, 0.2) is 5.16 Å². The largest absolute Gasteiger partial charge is 0.353 e. The van der Waals surface area contributed by atoms with Crippen LogP contribution in [0.15, 0.2) is 35.5 Å². The van der Waals surface area contributed by atoms with Gasteiger partial charge in [0, 0.05) is 44.0 Å². The van der Waals surface area contributed by atoms with Gasteiger partial charge in [0.1, 0.15) is 16.8 Å². The van der Waals surface area contributed by atoms with Gasteiger partial charge in [-0.2, -0.15) is 0 Å². The Balaban J connectivity index is 1.59. The van der Waals surface area contributed by atoms with Crippen LogP contribution in [-0.4, -0.2) is 64.8 Å². The number of benzene rings is 1. The third-order valence-electron chi connectivity index (χ3n) is 4.66. The van der Waals surface area contributed by atoms with Gasteiger partial charge >= 0.3 is 6.03 Å². The van der Waals surface area contributed by atoms with Gasteiger partial charge in [-0.25, -0.2) is 19.2 Å². The number of anilines is 2. The Bertz CT molecular complexity index is 932. The van der Waals surface area contributed by atoms with Crippen LogP contribution < -0.4 is 15.5 Å². The molecule has 1 unspecified atom stereocenters. The maximum atomic E-state index is 13.0. The molecule has 166 valence electrons. The van der Waals surface area contributed by atoms with E-state index >= 15 is 0 Å². The van der Waals surface area contributed by atoms with Gasteiger partial charge in [0.05, 0.1) is 5.75 Å². The maximum absolute atomic E-state index is 13.0. The Morgan fingerprint density at radius 3 is 2.68 bits per heavy atom. The molecule has 1 aliphatic rings. The first-order chi connectivity index (χ1) is 14.9. The predicted molar refractivity (Wildman–Crippen MR) is 120 cm³/mol. The Morgan fingerprint density at radius 1 is 1.26 bits per heavy atom. The summed E-state index contributed by atoms with van der Waals surface area (Å²) < 4.78 is 13.0. The van der Waals surface area contributed by atoms with Gasteiger partial charge in [0.25, 0.3) is 0 Å². The monoisotopic (exact) mass is 466 g/mol. The van der Waals surface area contributed by atoms with Gasteiger partial charge < -0.3 is 20.4 Å². The summed E-state index contributed by atoms with van der Waals surface area (Å²) in [6.07, 6.45) is 0. The summed E-state index contributed by atoms with van der Waals surface area (Å²) in [4.78, 5) is 36.9. The fourth-order valence-electron chi connectivity index (χ4n) is 3.19. The zero-order valence-electron chi connectivity index (χ0n) is 17.3. The van der Waals surface area contributed by atoms with Crippen molar-refractivity contribution < 1.29 is 14.0 Å². The van der Waals surface area contributed by atoms with Crippen LogP contribution in [0, 0.1) is 5.82 Å². The van der Waals surface area contributed by atoms with Gasteiger partial charge in [-0.05, 0) is 38.1 Å². The van der Waals surface area contributed by atoms with Crippen molar-refractivity contribution in [3.8, 4) is 0 Å². The topological polar surface area (TPSA) is 90.5 Å². The summed E-state index contributed by atoms with van der Waals surface area (Å²) in [7, 11) is 0. The number of nitrogens with zero attached hydrogens (tertiary/aromatic N) is 4. The minimum Gasteiger partial charge on any atom is -0.353 e. The number of carbonyl (C=O) groups excluding carboxylic acids is 2. The van der Waals surface area contributed by atoms with Crippen molar-refractivity contribution in [2.24, 2.45) is 0 Å². The lowest BCUT2D eigenvalue weighted by Gasteiger charge is -2.40. The molecule has 0 spiro atoms. The van der Waals surface area contributed by atoms with Crippen LogP contribution in [0.5, 0.6) is 0 Å². The lowest BCUT2D eigenvalue weighted by molar-refractivity contribution is -0.113. The molecule has 0 radical (unpaired) electrons. The molecular weight excluding hydrogens is 443 g/mol. The van der Waals surface area contributed by atoms with E-state index in [1.54, 1.807) is 11.0 Å². The smallest absolute Gasteiger partial charge is 0.317 e. The normalized spacial score (nSPS) is 16.2. The first kappa shape index (κ1) is 23.1. The third-order valence-corrected chi connectivity index (χ3v) is 5.70.